The molecule has 1 aromatic rings. The Morgan fingerprint density at radius 2 is 2.37 bits per heavy atom. The maximum atomic E-state index is 12.6. The number of carbonyl (C=O) groups excluding carboxylic acids is 1. The van der Waals surface area contributed by atoms with E-state index in [1.807, 2.05) is 19.1 Å². The van der Waals surface area contributed by atoms with Crippen molar-refractivity contribution in [2.45, 2.75) is 13.0 Å². The van der Waals surface area contributed by atoms with Crippen LogP contribution in [-0.4, -0.2) is 55.4 Å². The van der Waals surface area contributed by atoms with E-state index in [-0.39, 0.29) is 18.6 Å². The molecule has 1 aromatic carbocycles. The second kappa shape index (κ2) is 6.04. The molecule has 1 amide bonds. The van der Waals surface area contributed by atoms with Crippen LogP contribution in [0.1, 0.15) is 15.9 Å². The van der Waals surface area contributed by atoms with Crippen molar-refractivity contribution in [2.75, 3.05) is 33.5 Å². The lowest BCUT2D eigenvalue weighted by Crippen LogP contribution is -2.50. The summed E-state index contributed by atoms with van der Waals surface area (Å²) in [4.78, 5) is 14.2. The second-order valence-corrected chi connectivity index (χ2v) is 4.61. The van der Waals surface area contributed by atoms with Gasteiger partial charge in [-0.3, -0.25) is 4.79 Å². The molecule has 1 unspecified atom stereocenters. The molecule has 104 valence electrons. The molecule has 1 atom stereocenters. The SMILES string of the molecule is COc1ccc(C)cc1C(=O)N1CCOCC1CO. The minimum absolute atomic E-state index is 0.0974. The number of hydrogen-bond donors (Lipinski definition) is 1. The molecule has 1 fully saturated rings. The summed E-state index contributed by atoms with van der Waals surface area (Å²) in [7, 11) is 1.55. The number of amides is 1. The van der Waals surface area contributed by atoms with E-state index < -0.39 is 0 Å². The molecular formula is C14H19NO4. The average Bonchev–Trinajstić information content (AvgIpc) is 2.46. The van der Waals surface area contributed by atoms with E-state index in [0.717, 1.165) is 5.56 Å². The number of aliphatic hydroxyl groups excluding tert-OH is 1. The molecule has 1 saturated heterocycles. The van der Waals surface area contributed by atoms with Crippen LogP contribution in [0.4, 0.5) is 0 Å². The lowest BCUT2D eigenvalue weighted by atomic mass is 10.1. The van der Waals surface area contributed by atoms with Crippen LogP contribution in [0, 0.1) is 6.92 Å². The highest BCUT2D eigenvalue weighted by Gasteiger charge is 2.29. The number of morpholine rings is 1. The lowest BCUT2D eigenvalue weighted by Gasteiger charge is -2.34. The standard InChI is InChI=1S/C14H19NO4/c1-10-3-4-13(18-2)12(7-10)14(17)15-5-6-19-9-11(15)8-16/h3-4,7,11,16H,5-6,8-9H2,1-2H3. The van der Waals surface area contributed by atoms with Crippen LogP contribution in [0.3, 0.4) is 0 Å². The molecule has 1 aliphatic rings. The Morgan fingerprint density at radius 3 is 3.05 bits per heavy atom. The topological polar surface area (TPSA) is 59.0 Å². The number of aliphatic hydroxyl groups is 1. The van der Waals surface area contributed by atoms with Crippen molar-refractivity contribution in [3.63, 3.8) is 0 Å². The number of hydrogen-bond acceptors (Lipinski definition) is 4. The summed E-state index contributed by atoms with van der Waals surface area (Å²) in [6.45, 7) is 3.19. The first-order chi connectivity index (χ1) is 9.17. The first-order valence-corrected chi connectivity index (χ1v) is 6.31. The minimum Gasteiger partial charge on any atom is -0.496 e. The van der Waals surface area contributed by atoms with Crippen LogP contribution in [0.5, 0.6) is 5.75 Å². The van der Waals surface area contributed by atoms with Crippen molar-refractivity contribution >= 4 is 5.91 Å². The van der Waals surface area contributed by atoms with Gasteiger partial charge in [0.05, 0.1) is 38.5 Å². The fraction of sp³-hybridized carbons (Fsp3) is 0.500. The Labute approximate surface area is 112 Å². The third-order valence-corrected chi connectivity index (χ3v) is 3.28. The van der Waals surface area contributed by atoms with Gasteiger partial charge in [0.15, 0.2) is 0 Å². The van der Waals surface area contributed by atoms with Crippen molar-refractivity contribution in [3.8, 4) is 5.75 Å². The average molecular weight is 265 g/mol. The van der Waals surface area contributed by atoms with Gasteiger partial charge in [-0.05, 0) is 19.1 Å². The van der Waals surface area contributed by atoms with E-state index in [9.17, 15) is 9.90 Å². The number of ether oxygens (including phenoxy) is 2. The van der Waals surface area contributed by atoms with Gasteiger partial charge in [0.1, 0.15) is 5.75 Å². The molecule has 5 nitrogen and oxygen atoms in total. The molecule has 0 saturated carbocycles. The van der Waals surface area contributed by atoms with Crippen LogP contribution in [-0.2, 0) is 4.74 Å². The van der Waals surface area contributed by atoms with E-state index >= 15 is 0 Å². The van der Waals surface area contributed by atoms with Crippen LogP contribution < -0.4 is 4.74 Å². The van der Waals surface area contributed by atoms with E-state index in [1.54, 1.807) is 18.1 Å². The Kier molecular flexibility index (Phi) is 4.39. The number of aryl methyl sites for hydroxylation is 1. The Balaban J connectivity index is 2.29. The Morgan fingerprint density at radius 1 is 1.58 bits per heavy atom. The van der Waals surface area contributed by atoms with Gasteiger partial charge in [-0.2, -0.15) is 0 Å². The van der Waals surface area contributed by atoms with Gasteiger partial charge in [0, 0.05) is 6.54 Å². The van der Waals surface area contributed by atoms with Gasteiger partial charge in [0.25, 0.3) is 5.91 Å². The van der Waals surface area contributed by atoms with Crippen molar-refractivity contribution < 1.29 is 19.4 Å². The molecule has 19 heavy (non-hydrogen) atoms. The van der Waals surface area contributed by atoms with Gasteiger partial charge in [-0.15, -0.1) is 0 Å². The molecule has 1 N–H and O–H groups in total. The summed E-state index contributed by atoms with van der Waals surface area (Å²) in [5.41, 5.74) is 1.53. The summed E-state index contributed by atoms with van der Waals surface area (Å²) in [6, 6.07) is 5.21. The maximum absolute atomic E-state index is 12.6. The molecule has 2 rings (SSSR count). The first kappa shape index (κ1) is 13.8. The molecule has 5 heteroatoms. The molecule has 0 aliphatic carbocycles. The molecular weight excluding hydrogens is 246 g/mol. The van der Waals surface area contributed by atoms with E-state index in [4.69, 9.17) is 9.47 Å². The van der Waals surface area contributed by atoms with Crippen LogP contribution in [0.2, 0.25) is 0 Å². The first-order valence-electron chi connectivity index (χ1n) is 6.31. The smallest absolute Gasteiger partial charge is 0.258 e. The molecule has 0 bridgehead atoms. The zero-order valence-electron chi connectivity index (χ0n) is 11.3. The normalized spacial score (nSPS) is 19.3. The van der Waals surface area contributed by atoms with Crippen LogP contribution in [0.25, 0.3) is 0 Å². The number of rotatable bonds is 3. The molecule has 0 radical (unpaired) electrons. The van der Waals surface area contributed by atoms with Crippen LogP contribution in [0.15, 0.2) is 18.2 Å². The molecule has 0 aromatic heterocycles. The Bertz CT molecular complexity index is 461. The van der Waals surface area contributed by atoms with Crippen LogP contribution >= 0.6 is 0 Å². The van der Waals surface area contributed by atoms with Gasteiger partial charge >= 0.3 is 0 Å². The monoisotopic (exact) mass is 265 g/mol. The van der Waals surface area contributed by atoms with E-state index in [2.05, 4.69) is 0 Å². The van der Waals surface area contributed by atoms with E-state index in [1.165, 1.54) is 0 Å². The highest BCUT2D eigenvalue weighted by atomic mass is 16.5. The Hall–Kier alpha value is -1.59. The van der Waals surface area contributed by atoms with Crippen molar-refractivity contribution in [1.29, 1.82) is 0 Å². The fourth-order valence-electron chi connectivity index (χ4n) is 2.22. The highest BCUT2D eigenvalue weighted by Crippen LogP contribution is 2.23. The zero-order valence-corrected chi connectivity index (χ0v) is 11.3. The van der Waals surface area contributed by atoms with Gasteiger partial charge < -0.3 is 19.5 Å². The van der Waals surface area contributed by atoms with Gasteiger partial charge in [-0.1, -0.05) is 11.6 Å². The van der Waals surface area contributed by atoms with E-state index in [0.29, 0.717) is 31.1 Å². The maximum Gasteiger partial charge on any atom is 0.258 e. The lowest BCUT2D eigenvalue weighted by molar-refractivity contribution is -0.0185. The summed E-state index contributed by atoms with van der Waals surface area (Å²) in [5.74, 6) is 0.432. The third-order valence-electron chi connectivity index (χ3n) is 3.28. The number of benzene rings is 1. The molecule has 1 aliphatic heterocycles. The van der Waals surface area contributed by atoms with Gasteiger partial charge in [0.2, 0.25) is 0 Å². The molecule has 1 heterocycles. The highest BCUT2D eigenvalue weighted by molar-refractivity contribution is 5.97. The number of methoxy groups -OCH3 is 1. The summed E-state index contributed by atoms with van der Waals surface area (Å²) in [5, 5.41) is 9.33. The summed E-state index contributed by atoms with van der Waals surface area (Å²) >= 11 is 0. The zero-order chi connectivity index (χ0) is 13.8. The number of carbonyl (C=O) groups is 1. The second-order valence-electron chi connectivity index (χ2n) is 4.61. The number of nitrogens with zero attached hydrogens (tertiary/aromatic N) is 1. The predicted molar refractivity (Wildman–Crippen MR) is 70.5 cm³/mol. The molecule has 0 spiro atoms. The van der Waals surface area contributed by atoms with Crippen molar-refractivity contribution in [1.82, 2.24) is 4.90 Å². The van der Waals surface area contributed by atoms with Crippen molar-refractivity contribution in [2.24, 2.45) is 0 Å². The fourth-order valence-corrected chi connectivity index (χ4v) is 2.22. The predicted octanol–water partition coefficient (Wildman–Crippen LogP) is 0.837. The minimum atomic E-state index is -0.286. The third kappa shape index (κ3) is 2.88. The summed E-state index contributed by atoms with van der Waals surface area (Å²) < 4.78 is 10.5. The van der Waals surface area contributed by atoms with Crippen molar-refractivity contribution in [3.05, 3.63) is 29.3 Å². The quantitative estimate of drug-likeness (QED) is 0.879. The van der Waals surface area contributed by atoms with Gasteiger partial charge in [-0.25, -0.2) is 0 Å². The largest absolute Gasteiger partial charge is 0.496 e. The summed E-state index contributed by atoms with van der Waals surface area (Å²) in [6.07, 6.45) is 0.